The number of piperazine rings is 1. The van der Waals surface area contributed by atoms with E-state index in [1.54, 1.807) is 6.92 Å². The number of likely N-dealkylation sites (N-methyl/N-ethyl adjacent to an activating group) is 1. The average molecular weight is 606 g/mol. The van der Waals surface area contributed by atoms with Gasteiger partial charge in [-0.3, -0.25) is 0 Å². The van der Waals surface area contributed by atoms with Gasteiger partial charge >= 0.3 is 11.9 Å². The van der Waals surface area contributed by atoms with Gasteiger partial charge in [-0.05, 0) is 60.8 Å². The summed E-state index contributed by atoms with van der Waals surface area (Å²) in [5.41, 5.74) is 1.35. The summed E-state index contributed by atoms with van der Waals surface area (Å²) < 4.78 is 0. The molecule has 0 aromatic heterocycles. The molecule has 5 rings (SSSR count). The van der Waals surface area contributed by atoms with Crippen molar-refractivity contribution in [1.82, 2.24) is 9.80 Å². The van der Waals surface area contributed by atoms with Crippen LogP contribution in [0.5, 0.6) is 0 Å². The van der Waals surface area contributed by atoms with E-state index in [0.29, 0.717) is 5.56 Å². The molecule has 0 bridgehead atoms. The van der Waals surface area contributed by atoms with Crippen molar-refractivity contribution in [1.29, 1.82) is 0 Å². The van der Waals surface area contributed by atoms with Gasteiger partial charge in [0.05, 0.1) is 16.7 Å². The number of halogens is 2. The van der Waals surface area contributed by atoms with Crippen molar-refractivity contribution in [2.24, 2.45) is 0 Å². The molecule has 7 nitrogen and oxygen atoms in total. The lowest BCUT2D eigenvalue weighted by atomic mass is 9.71. The van der Waals surface area contributed by atoms with Gasteiger partial charge in [0, 0.05) is 38.6 Å². The first-order valence-electron chi connectivity index (χ1n) is 13.9. The molecular formula is C32H42Cl2N2O5. The molecule has 41 heavy (non-hydrogen) atoms. The number of benzene rings is 3. The minimum atomic E-state index is -1.12. The van der Waals surface area contributed by atoms with Crippen LogP contribution in [0.25, 0.3) is 10.8 Å². The van der Waals surface area contributed by atoms with Gasteiger partial charge in [0.15, 0.2) is 0 Å². The van der Waals surface area contributed by atoms with E-state index in [-0.39, 0.29) is 41.9 Å². The highest BCUT2D eigenvalue weighted by Crippen LogP contribution is 2.42. The summed E-state index contributed by atoms with van der Waals surface area (Å²) in [7, 11) is 2.20. The quantitative estimate of drug-likeness (QED) is 0.312. The Hall–Kier alpha value is -2.68. The van der Waals surface area contributed by atoms with Crippen LogP contribution in [-0.2, 0) is 0 Å². The molecule has 1 atom stereocenters. The largest absolute Gasteiger partial charge is 0.478 e. The summed E-state index contributed by atoms with van der Waals surface area (Å²) in [4.78, 5) is 26.1. The molecule has 3 aromatic carbocycles. The summed E-state index contributed by atoms with van der Waals surface area (Å²) in [5, 5.41) is 31.6. The fourth-order valence-corrected chi connectivity index (χ4v) is 5.90. The molecule has 224 valence electrons. The second-order valence-corrected chi connectivity index (χ2v) is 11.0. The Morgan fingerprint density at radius 1 is 0.854 bits per heavy atom. The Kier molecular flexibility index (Phi) is 13.1. The Balaban J connectivity index is 0.000000336. The summed E-state index contributed by atoms with van der Waals surface area (Å²) in [6, 6.07) is 19.3. The molecule has 1 heterocycles. The number of aromatic carboxylic acids is 2. The Labute approximate surface area is 255 Å². The van der Waals surface area contributed by atoms with Crippen molar-refractivity contribution in [3.8, 4) is 0 Å². The van der Waals surface area contributed by atoms with Gasteiger partial charge in [-0.1, -0.05) is 67.8 Å². The minimum Gasteiger partial charge on any atom is -0.478 e. The van der Waals surface area contributed by atoms with E-state index in [4.69, 9.17) is 10.2 Å². The van der Waals surface area contributed by atoms with Crippen molar-refractivity contribution in [3.05, 3.63) is 82.9 Å². The van der Waals surface area contributed by atoms with E-state index in [9.17, 15) is 14.7 Å². The van der Waals surface area contributed by atoms with Gasteiger partial charge in [0.2, 0.25) is 0 Å². The van der Waals surface area contributed by atoms with Crippen molar-refractivity contribution in [2.45, 2.75) is 50.5 Å². The smallest absolute Gasteiger partial charge is 0.335 e. The highest BCUT2D eigenvalue weighted by Gasteiger charge is 2.40. The monoisotopic (exact) mass is 604 g/mol. The Morgan fingerprint density at radius 3 is 2.12 bits per heavy atom. The highest BCUT2D eigenvalue weighted by molar-refractivity contribution is 5.94. The zero-order valence-corrected chi connectivity index (χ0v) is 25.4. The number of aryl methyl sites for hydroxylation is 1. The number of fused-ring (bicyclic) bond motifs is 1. The molecule has 1 saturated heterocycles. The maximum absolute atomic E-state index is 11.7. The lowest BCUT2D eigenvalue weighted by molar-refractivity contribution is -0.0333. The fraction of sp³-hybridized carbons (Fsp3) is 0.438. The number of hydrogen-bond donors (Lipinski definition) is 3. The SMILES string of the molecule is CN1CCN(CC(c2cccc3ccccc23)C2(O)CCCCC2)CC1.Cc1ccc(C(=O)O)cc1C(=O)O.Cl.Cl. The number of aliphatic hydroxyl groups is 1. The Bertz CT molecular complexity index is 1300. The van der Waals surface area contributed by atoms with Crippen molar-refractivity contribution in [2.75, 3.05) is 39.8 Å². The fourth-order valence-electron chi connectivity index (χ4n) is 5.90. The molecule has 1 aliphatic heterocycles. The predicted octanol–water partition coefficient (Wildman–Crippen LogP) is 6.10. The summed E-state index contributed by atoms with van der Waals surface area (Å²) in [6.07, 6.45) is 5.45. The highest BCUT2D eigenvalue weighted by atomic mass is 35.5. The zero-order valence-electron chi connectivity index (χ0n) is 23.8. The van der Waals surface area contributed by atoms with Crippen LogP contribution in [0, 0.1) is 6.92 Å². The van der Waals surface area contributed by atoms with E-state index in [0.717, 1.165) is 64.5 Å². The molecule has 1 saturated carbocycles. The number of rotatable bonds is 6. The average Bonchev–Trinajstić information content (AvgIpc) is 2.93. The number of hydrogen-bond acceptors (Lipinski definition) is 5. The molecule has 0 amide bonds. The number of carboxylic acid groups (broad SMARTS) is 2. The first kappa shape index (κ1) is 34.5. The van der Waals surface area contributed by atoms with Crippen LogP contribution >= 0.6 is 24.8 Å². The van der Waals surface area contributed by atoms with Gasteiger partial charge in [0.25, 0.3) is 0 Å². The van der Waals surface area contributed by atoms with Gasteiger partial charge in [0.1, 0.15) is 0 Å². The molecule has 1 aliphatic carbocycles. The van der Waals surface area contributed by atoms with E-state index in [1.165, 1.54) is 34.9 Å². The first-order valence-corrected chi connectivity index (χ1v) is 13.9. The summed E-state index contributed by atoms with van der Waals surface area (Å²) >= 11 is 0. The normalized spacial score (nSPS) is 17.7. The first-order chi connectivity index (χ1) is 18.7. The van der Waals surface area contributed by atoms with Crippen LogP contribution in [0.15, 0.2) is 60.7 Å². The predicted molar refractivity (Wildman–Crippen MR) is 168 cm³/mol. The molecule has 2 aliphatic rings. The summed E-state index contributed by atoms with van der Waals surface area (Å²) in [6.45, 7) is 7.05. The lowest BCUT2D eigenvalue weighted by Gasteiger charge is -2.43. The molecular weight excluding hydrogens is 563 g/mol. The van der Waals surface area contributed by atoms with Gasteiger partial charge in [-0.2, -0.15) is 0 Å². The molecule has 3 aromatic rings. The third kappa shape index (κ3) is 8.66. The van der Waals surface area contributed by atoms with Gasteiger partial charge in [-0.25, -0.2) is 9.59 Å². The van der Waals surface area contributed by atoms with Gasteiger partial charge in [-0.15, -0.1) is 24.8 Å². The lowest BCUT2D eigenvalue weighted by Crippen LogP contribution is -2.50. The number of nitrogens with zero attached hydrogens (tertiary/aromatic N) is 2. The third-order valence-electron chi connectivity index (χ3n) is 8.32. The molecule has 0 radical (unpaired) electrons. The third-order valence-corrected chi connectivity index (χ3v) is 8.32. The maximum Gasteiger partial charge on any atom is 0.335 e. The number of carboxylic acids is 2. The molecule has 0 spiro atoms. The van der Waals surface area contributed by atoms with E-state index >= 15 is 0 Å². The van der Waals surface area contributed by atoms with E-state index in [1.807, 2.05) is 0 Å². The molecule has 2 fully saturated rings. The second-order valence-electron chi connectivity index (χ2n) is 11.0. The zero-order chi connectivity index (χ0) is 28.0. The number of carbonyl (C=O) groups is 2. The topological polar surface area (TPSA) is 101 Å². The van der Waals surface area contributed by atoms with Crippen LogP contribution in [0.1, 0.15) is 69.9 Å². The second kappa shape index (κ2) is 15.5. The molecule has 9 heteroatoms. The Morgan fingerprint density at radius 2 is 1.49 bits per heavy atom. The van der Waals surface area contributed by atoms with E-state index < -0.39 is 17.5 Å². The molecule has 3 N–H and O–H groups in total. The van der Waals surface area contributed by atoms with Crippen molar-refractivity contribution >= 4 is 47.5 Å². The van der Waals surface area contributed by atoms with Crippen LogP contribution in [0.3, 0.4) is 0 Å². The van der Waals surface area contributed by atoms with Crippen molar-refractivity contribution in [3.63, 3.8) is 0 Å². The minimum absolute atomic E-state index is 0. The van der Waals surface area contributed by atoms with Crippen LogP contribution in [-0.4, -0.2) is 82.4 Å². The van der Waals surface area contributed by atoms with Gasteiger partial charge < -0.3 is 25.1 Å². The van der Waals surface area contributed by atoms with Crippen molar-refractivity contribution < 1.29 is 24.9 Å². The molecule has 1 unspecified atom stereocenters. The standard InChI is InChI=1S/C23H32N2O.C9H8O4.2ClH/c1-24-14-16-25(17-15-24)18-22(23(26)12-5-2-6-13-23)21-11-7-9-19-8-3-4-10-20(19)21;1-5-2-3-6(8(10)11)4-7(5)9(12)13;;/h3-4,7-11,22,26H,2,5-6,12-18H2,1H3;2-4H,1H3,(H,10,11)(H,12,13);2*1H. The van der Waals surface area contributed by atoms with Crippen LogP contribution < -0.4 is 0 Å². The summed E-state index contributed by atoms with van der Waals surface area (Å²) in [5.74, 6) is -2.04. The maximum atomic E-state index is 11.7. The van der Waals surface area contributed by atoms with Crippen LogP contribution in [0.4, 0.5) is 0 Å². The van der Waals surface area contributed by atoms with E-state index in [2.05, 4.69) is 59.3 Å². The van der Waals surface area contributed by atoms with Crippen LogP contribution in [0.2, 0.25) is 0 Å².